The molecule has 3 aliphatic rings. The predicted molar refractivity (Wildman–Crippen MR) is 383 cm³/mol. The summed E-state index contributed by atoms with van der Waals surface area (Å²) in [6.45, 7) is 8.20. The van der Waals surface area contributed by atoms with Gasteiger partial charge in [-0.05, 0) is 91.8 Å². The number of nitrogens with zero attached hydrogens (tertiary/aromatic N) is 4. The normalized spacial score (nSPS) is 26.8. The highest BCUT2D eigenvalue weighted by Gasteiger charge is 2.44. The average molecular weight is 1470 g/mol. The molecule has 32 nitrogen and oxygen atoms in total. The molecule has 0 spiro atoms. The largest absolute Gasteiger partial charge is 0.508 e. The van der Waals surface area contributed by atoms with E-state index in [4.69, 9.17) is 20.9 Å². The van der Waals surface area contributed by atoms with Crippen LogP contribution in [-0.4, -0.2) is 216 Å². The number of phenols is 1. The van der Waals surface area contributed by atoms with Crippen LogP contribution in [0, 0.1) is 11.8 Å². The van der Waals surface area contributed by atoms with Gasteiger partial charge in [-0.1, -0.05) is 136 Å². The molecule has 4 aromatic carbocycles. The van der Waals surface area contributed by atoms with Crippen molar-refractivity contribution in [2.75, 3.05) is 19.7 Å². The molecule has 15 atom stereocenters. The zero-order chi connectivity index (χ0) is 76.7. The van der Waals surface area contributed by atoms with Crippen LogP contribution < -0.4 is 59.3 Å². The van der Waals surface area contributed by atoms with Crippen LogP contribution >= 0.6 is 0 Å². The Balaban J connectivity index is 1.20. The number of amides is 11. The summed E-state index contributed by atoms with van der Waals surface area (Å²) >= 11 is 0. The van der Waals surface area contributed by atoms with E-state index >= 15 is 28.8 Å². The van der Waals surface area contributed by atoms with Crippen molar-refractivity contribution < 1.29 is 82.6 Å². The Bertz CT molecular complexity index is 3800. The molecule has 0 aliphatic carbocycles. The fourth-order valence-corrected chi connectivity index (χ4v) is 12.8. The quantitative estimate of drug-likeness (QED) is 0.0357. The minimum absolute atomic E-state index is 0.0250. The van der Waals surface area contributed by atoms with Gasteiger partial charge in [0, 0.05) is 44.8 Å². The number of primary amides is 1. The molecule has 0 bridgehead atoms. The lowest BCUT2D eigenvalue weighted by atomic mass is 9.99. The number of carbonyl (C=O) groups excluding carboxylic acids is 11. The van der Waals surface area contributed by atoms with E-state index in [1.165, 1.54) is 47.0 Å². The Morgan fingerprint density at radius 3 is 1.54 bits per heavy atom. The van der Waals surface area contributed by atoms with Crippen LogP contribution in [0.25, 0.3) is 0 Å². The van der Waals surface area contributed by atoms with E-state index in [2.05, 4.69) is 58.2 Å². The Morgan fingerprint density at radius 2 is 1.01 bits per heavy atom. The molecule has 5 aromatic rings. The molecule has 1 aromatic heterocycles. The molecule has 32 heteroatoms. The zero-order valence-corrected chi connectivity index (χ0v) is 60.0. The summed E-state index contributed by atoms with van der Waals surface area (Å²) in [7, 11) is 0. The summed E-state index contributed by atoms with van der Waals surface area (Å²) in [6.07, 6.45) is -7.00. The minimum atomic E-state index is -1.90. The van der Waals surface area contributed by atoms with Gasteiger partial charge in [0.25, 0.3) is 0 Å². The van der Waals surface area contributed by atoms with Crippen LogP contribution in [0.15, 0.2) is 121 Å². The number of hydrogen-bond acceptors (Lipinski definition) is 20. The summed E-state index contributed by atoms with van der Waals surface area (Å²) < 4.78 is 12.5. The number of nitrogens with one attached hydrogen (secondary N) is 9. The number of rotatable bonds is 22. The van der Waals surface area contributed by atoms with Crippen molar-refractivity contribution in [2.24, 2.45) is 23.3 Å². The fraction of sp³-hybridized carbons (Fsp3) is 0.500. The van der Waals surface area contributed by atoms with Crippen molar-refractivity contribution in [3.8, 4) is 5.75 Å². The first-order valence-electron chi connectivity index (χ1n) is 35.8. The number of hydrogen-bond donors (Lipinski definition) is 15. The van der Waals surface area contributed by atoms with Crippen molar-refractivity contribution in [3.05, 3.63) is 149 Å². The molecule has 3 fully saturated rings. The Hall–Kier alpha value is -10.3. The van der Waals surface area contributed by atoms with E-state index in [1.807, 2.05) is 13.8 Å². The first-order valence-corrected chi connectivity index (χ1v) is 35.8. The summed E-state index contributed by atoms with van der Waals surface area (Å²) in [5.74, 6) is -11.1. The maximum atomic E-state index is 15.3. The molecule has 17 N–H and O–H groups in total. The van der Waals surface area contributed by atoms with Gasteiger partial charge in [-0.15, -0.1) is 5.10 Å². The van der Waals surface area contributed by atoms with E-state index in [1.54, 1.807) is 105 Å². The number of benzene rings is 4. The van der Waals surface area contributed by atoms with Crippen LogP contribution in [0.4, 0.5) is 0 Å². The highest BCUT2D eigenvalue weighted by Crippen LogP contribution is 2.24. The first kappa shape index (κ1) is 81.4. The molecule has 4 heterocycles. The van der Waals surface area contributed by atoms with Crippen molar-refractivity contribution in [1.82, 2.24) is 67.7 Å². The zero-order valence-electron chi connectivity index (χ0n) is 60.0. The highest BCUT2D eigenvalue weighted by molar-refractivity contribution is 6.00. The van der Waals surface area contributed by atoms with Crippen LogP contribution in [0.2, 0.25) is 0 Å². The number of carbonyl (C=O) groups is 11. The molecule has 572 valence electrons. The average Bonchev–Trinajstić information content (AvgIpc) is 1.67. The van der Waals surface area contributed by atoms with E-state index in [0.717, 1.165) is 0 Å². The lowest BCUT2D eigenvalue weighted by Gasteiger charge is -2.38. The third-order valence-electron chi connectivity index (χ3n) is 18.6. The number of aromatic hydroxyl groups is 1. The molecule has 0 unspecified atom stereocenters. The Kier molecular flexibility index (Phi) is 30.1. The van der Waals surface area contributed by atoms with Crippen molar-refractivity contribution >= 4 is 65.0 Å². The van der Waals surface area contributed by atoms with Gasteiger partial charge in [0.2, 0.25) is 65.0 Å². The van der Waals surface area contributed by atoms with Gasteiger partial charge in [-0.25, -0.2) is 4.68 Å². The maximum Gasteiger partial charge on any atom is 0.246 e. The van der Waals surface area contributed by atoms with E-state index < -0.39 is 175 Å². The second-order valence-corrected chi connectivity index (χ2v) is 27.8. The smallest absolute Gasteiger partial charge is 0.246 e. The van der Waals surface area contributed by atoms with Gasteiger partial charge in [0.05, 0.1) is 31.4 Å². The molecule has 106 heavy (non-hydrogen) atoms. The molecule has 0 saturated carbocycles. The first-order chi connectivity index (χ1) is 50.6. The molecule has 0 radical (unpaired) electrons. The number of phenolic OH excluding ortho intramolecular Hbond substituents is 1. The lowest BCUT2D eigenvalue weighted by Crippen LogP contribution is -2.62. The highest BCUT2D eigenvalue weighted by atomic mass is 16.7. The number of aliphatic hydroxyl groups is 3. The fourth-order valence-electron chi connectivity index (χ4n) is 12.8. The molecule has 11 amide bonds. The number of fused-ring (bicyclic) bond motifs is 1. The summed E-state index contributed by atoms with van der Waals surface area (Å²) in [6, 6.07) is 16.5. The Morgan fingerprint density at radius 1 is 0.557 bits per heavy atom. The third kappa shape index (κ3) is 23.6. The van der Waals surface area contributed by atoms with E-state index in [9.17, 15) is 44.4 Å². The Labute approximate surface area is 614 Å². The summed E-state index contributed by atoms with van der Waals surface area (Å²) in [4.78, 5) is 165. The van der Waals surface area contributed by atoms with Crippen molar-refractivity contribution in [2.45, 2.75) is 203 Å². The standard InChI is InChI=1S/C74H99N15O17/c1-41(2)33-51-65(96)84-57(37-46-21-13-8-14-22-46)73(104)89-30-16-24-58(89)71(102)83-53(35-45-19-11-7-12-20-45)67(98)79-52(34-44-17-9-6-10-18-44)66(97)82-56(39-59(76)91)69(100)81-55(38-48-40-88(87-86-48)31-32-105-74-63(94)62(93)61(92)43(5)106-74)68(99)80-54(36-47-25-27-49(90)28-26-47)70(101)85-60(42(3)4)72(103)77-50(23-15-29-75)64(95)78-51/h6-14,17-22,25-28,40-43,50-58,60-63,74,90,92-94H,15-16,23-24,29-39,75H2,1-5H3,(H2,76,91)(H,77,103)(H,78,95)(H,79,98)(H,80,99)(H,81,100)(H,82,97)(H,83,102)(H,84,96)(H,85,101)/t43-,50-,51-,52+,53-,54-,55-,56-,57+,58-,60-,61+,62+,63-,74-/m0/s1. The SMILES string of the molecule is CC(C)C[C@@H]1NC(=O)[C@H](CCCN)NC(=O)[C@H](C(C)C)NC(=O)[C@H](Cc2ccc(O)cc2)NC(=O)[C@H](Cc2cn(CCO[C@H]3O[C@@H](C)[C@@H](O)[C@@H](O)[C@@H]3O)nn2)NC(=O)[C@H](CC(N)=O)NC(=O)[C@@H](Cc2ccccc2)NC(=O)[C@H](Cc2ccccc2)NC(=O)[C@@H]2CCCN2C(=O)[C@@H](Cc2ccccc2)NC1=O. The van der Waals surface area contributed by atoms with Gasteiger partial charge >= 0.3 is 0 Å². The van der Waals surface area contributed by atoms with Crippen molar-refractivity contribution in [3.63, 3.8) is 0 Å². The van der Waals surface area contributed by atoms with Crippen LogP contribution in [0.1, 0.15) is 101 Å². The van der Waals surface area contributed by atoms with Crippen molar-refractivity contribution in [1.29, 1.82) is 0 Å². The second-order valence-electron chi connectivity index (χ2n) is 27.8. The van der Waals surface area contributed by atoms with Gasteiger partial charge in [-0.2, -0.15) is 0 Å². The summed E-state index contributed by atoms with van der Waals surface area (Å²) in [5, 5.41) is 74.4. The van der Waals surface area contributed by atoms with Gasteiger partial charge in [0.1, 0.15) is 84.5 Å². The molecule has 8 rings (SSSR count). The van der Waals surface area contributed by atoms with E-state index in [-0.39, 0.29) is 95.0 Å². The molecule has 3 aliphatic heterocycles. The van der Waals surface area contributed by atoms with Gasteiger partial charge in [0.15, 0.2) is 6.29 Å². The van der Waals surface area contributed by atoms with Crippen LogP contribution in [-0.2, 0) is 101 Å². The van der Waals surface area contributed by atoms with Gasteiger partial charge in [-0.3, -0.25) is 52.7 Å². The lowest BCUT2D eigenvalue weighted by molar-refractivity contribution is -0.293. The maximum absolute atomic E-state index is 15.3. The summed E-state index contributed by atoms with van der Waals surface area (Å²) in [5.41, 5.74) is 13.9. The topological polar surface area (TPSA) is 481 Å². The number of aromatic nitrogens is 3. The monoisotopic (exact) mass is 1470 g/mol. The number of aliphatic hydroxyl groups excluding tert-OH is 3. The van der Waals surface area contributed by atoms with E-state index in [0.29, 0.717) is 28.7 Å². The minimum Gasteiger partial charge on any atom is -0.508 e. The van der Waals surface area contributed by atoms with Crippen LogP contribution in [0.5, 0.6) is 5.75 Å². The third-order valence-corrected chi connectivity index (χ3v) is 18.6. The molecule has 3 saturated heterocycles. The van der Waals surface area contributed by atoms with Crippen LogP contribution in [0.3, 0.4) is 0 Å². The number of nitrogens with two attached hydrogens (primary N) is 2. The van der Waals surface area contributed by atoms with Gasteiger partial charge < -0.3 is 94.1 Å². The molecular formula is C74H99N15O17. The molecular weight excluding hydrogens is 1370 g/mol. The second kappa shape index (κ2) is 39.2. The predicted octanol–water partition coefficient (Wildman–Crippen LogP) is -1.97. The number of ether oxygens (including phenoxy) is 2.